The fourth-order valence-electron chi connectivity index (χ4n) is 2.28. The number of amides is 1. The van der Waals surface area contributed by atoms with E-state index >= 15 is 0 Å². The summed E-state index contributed by atoms with van der Waals surface area (Å²) in [6.45, 7) is 6.81. The van der Waals surface area contributed by atoms with Crippen molar-refractivity contribution in [2.45, 2.75) is 51.9 Å². The Morgan fingerprint density at radius 1 is 1.37 bits per heavy atom. The lowest BCUT2D eigenvalue weighted by Gasteiger charge is -2.28. The molecule has 1 fully saturated rings. The average molecular weight is 275 g/mol. The van der Waals surface area contributed by atoms with Gasteiger partial charge in [-0.3, -0.25) is 4.90 Å². The SMILES string of the molecule is CC[C@@H]1[C@@H](C(=O)OC)N(C(=O)OC(C)(C)C)C[C@@H]1F. The van der Waals surface area contributed by atoms with Gasteiger partial charge in [0.2, 0.25) is 0 Å². The van der Waals surface area contributed by atoms with E-state index in [1.807, 2.05) is 0 Å². The first-order valence-electron chi connectivity index (χ1n) is 6.42. The minimum Gasteiger partial charge on any atom is -0.467 e. The van der Waals surface area contributed by atoms with Crippen molar-refractivity contribution < 1.29 is 23.5 Å². The number of ether oxygens (including phenoxy) is 2. The molecule has 3 atom stereocenters. The van der Waals surface area contributed by atoms with Crippen LogP contribution in [0, 0.1) is 5.92 Å². The third-order valence-electron chi connectivity index (χ3n) is 3.12. The van der Waals surface area contributed by atoms with E-state index in [0.29, 0.717) is 6.42 Å². The predicted octanol–water partition coefficient (Wildman–Crippen LogP) is 2.14. The molecule has 1 heterocycles. The molecule has 0 aromatic carbocycles. The Labute approximate surface area is 113 Å². The number of rotatable bonds is 2. The second-order valence-corrected chi connectivity index (χ2v) is 5.69. The number of nitrogens with zero attached hydrogens (tertiary/aromatic N) is 1. The molecule has 0 N–H and O–H groups in total. The van der Waals surface area contributed by atoms with Gasteiger partial charge in [0.1, 0.15) is 17.8 Å². The van der Waals surface area contributed by atoms with Gasteiger partial charge in [-0.25, -0.2) is 14.0 Å². The lowest BCUT2D eigenvalue weighted by Crippen LogP contribution is -2.46. The molecular formula is C13H22FNO4. The number of alkyl halides is 1. The summed E-state index contributed by atoms with van der Waals surface area (Å²) >= 11 is 0. The van der Waals surface area contributed by atoms with E-state index in [-0.39, 0.29) is 6.54 Å². The minimum atomic E-state index is -1.23. The molecule has 6 heteroatoms. The zero-order chi connectivity index (χ0) is 14.8. The van der Waals surface area contributed by atoms with Crippen LogP contribution in [0.1, 0.15) is 34.1 Å². The van der Waals surface area contributed by atoms with Crippen LogP contribution >= 0.6 is 0 Å². The summed E-state index contributed by atoms with van der Waals surface area (Å²) in [5, 5.41) is 0. The molecule has 0 aromatic heterocycles. The van der Waals surface area contributed by atoms with E-state index < -0.39 is 35.8 Å². The van der Waals surface area contributed by atoms with E-state index in [1.54, 1.807) is 27.7 Å². The molecule has 0 unspecified atom stereocenters. The van der Waals surface area contributed by atoms with Gasteiger partial charge in [-0.2, -0.15) is 0 Å². The molecule has 1 aliphatic heterocycles. The standard InChI is InChI=1S/C13H22FNO4/c1-6-8-9(14)7-15(10(8)11(16)18-5)12(17)19-13(2,3)4/h8-10H,6-7H2,1-5H3/t8-,9-,10-/m0/s1. The minimum absolute atomic E-state index is 0.132. The van der Waals surface area contributed by atoms with Gasteiger partial charge in [-0.15, -0.1) is 0 Å². The molecule has 110 valence electrons. The average Bonchev–Trinajstić information content (AvgIpc) is 2.63. The summed E-state index contributed by atoms with van der Waals surface area (Å²) in [7, 11) is 1.23. The molecule has 1 aliphatic rings. The van der Waals surface area contributed by atoms with Crippen molar-refractivity contribution in [1.82, 2.24) is 4.90 Å². The Morgan fingerprint density at radius 3 is 2.37 bits per heavy atom. The smallest absolute Gasteiger partial charge is 0.411 e. The first kappa shape index (κ1) is 15.7. The second-order valence-electron chi connectivity index (χ2n) is 5.69. The monoisotopic (exact) mass is 275 g/mol. The van der Waals surface area contributed by atoms with E-state index in [1.165, 1.54) is 7.11 Å². The molecule has 0 radical (unpaired) electrons. The maximum Gasteiger partial charge on any atom is 0.411 e. The van der Waals surface area contributed by atoms with Crippen molar-refractivity contribution >= 4 is 12.1 Å². The van der Waals surface area contributed by atoms with Gasteiger partial charge in [-0.1, -0.05) is 6.92 Å². The summed E-state index contributed by atoms with van der Waals surface area (Å²) in [5.74, 6) is -1.14. The summed E-state index contributed by atoms with van der Waals surface area (Å²) in [6.07, 6.45) is -1.46. The van der Waals surface area contributed by atoms with E-state index in [2.05, 4.69) is 4.74 Å². The number of halogens is 1. The fourth-order valence-corrected chi connectivity index (χ4v) is 2.28. The lowest BCUT2D eigenvalue weighted by molar-refractivity contribution is -0.147. The number of hydrogen-bond acceptors (Lipinski definition) is 4. The highest BCUT2D eigenvalue weighted by molar-refractivity contribution is 5.82. The van der Waals surface area contributed by atoms with Crippen LogP contribution in [0.15, 0.2) is 0 Å². The van der Waals surface area contributed by atoms with Crippen molar-refractivity contribution in [1.29, 1.82) is 0 Å². The van der Waals surface area contributed by atoms with Crippen LogP contribution in [0.3, 0.4) is 0 Å². The van der Waals surface area contributed by atoms with E-state index in [9.17, 15) is 14.0 Å². The number of esters is 1. The maximum atomic E-state index is 13.9. The van der Waals surface area contributed by atoms with Crippen molar-refractivity contribution in [3.8, 4) is 0 Å². The van der Waals surface area contributed by atoms with E-state index in [0.717, 1.165) is 4.90 Å². The molecule has 19 heavy (non-hydrogen) atoms. The molecule has 0 aromatic rings. The van der Waals surface area contributed by atoms with Crippen LogP contribution in [0.4, 0.5) is 9.18 Å². The van der Waals surface area contributed by atoms with Crippen molar-refractivity contribution in [3.05, 3.63) is 0 Å². The number of methoxy groups -OCH3 is 1. The van der Waals surface area contributed by atoms with Gasteiger partial charge in [0, 0.05) is 5.92 Å². The molecule has 0 spiro atoms. The quantitative estimate of drug-likeness (QED) is 0.725. The third-order valence-corrected chi connectivity index (χ3v) is 3.12. The van der Waals surface area contributed by atoms with E-state index in [4.69, 9.17) is 4.74 Å². The molecule has 0 aliphatic carbocycles. The van der Waals surface area contributed by atoms with Gasteiger partial charge in [-0.05, 0) is 27.2 Å². The van der Waals surface area contributed by atoms with Gasteiger partial charge in [0.25, 0.3) is 0 Å². The van der Waals surface area contributed by atoms with Gasteiger partial charge < -0.3 is 9.47 Å². The van der Waals surface area contributed by atoms with Gasteiger partial charge >= 0.3 is 12.1 Å². The van der Waals surface area contributed by atoms with Crippen LogP contribution < -0.4 is 0 Å². The topological polar surface area (TPSA) is 55.8 Å². The highest BCUT2D eigenvalue weighted by Gasteiger charge is 2.49. The first-order valence-corrected chi connectivity index (χ1v) is 6.42. The summed E-state index contributed by atoms with van der Waals surface area (Å²) in [5.41, 5.74) is -0.687. The normalized spacial score (nSPS) is 27.3. The Bertz CT molecular complexity index is 353. The van der Waals surface area contributed by atoms with Crippen LogP contribution in [-0.4, -0.2) is 48.4 Å². The molecular weight excluding hydrogens is 253 g/mol. The molecule has 5 nitrogen and oxygen atoms in total. The Kier molecular flexibility index (Phi) is 4.76. The van der Waals surface area contributed by atoms with Gasteiger partial charge in [0.05, 0.1) is 13.7 Å². The zero-order valence-corrected chi connectivity index (χ0v) is 12.1. The Balaban J connectivity index is 2.92. The Hall–Kier alpha value is -1.33. The maximum absolute atomic E-state index is 13.9. The summed E-state index contributed by atoms with van der Waals surface area (Å²) in [4.78, 5) is 24.9. The number of carbonyl (C=O) groups excluding carboxylic acids is 2. The molecule has 1 rings (SSSR count). The molecule has 0 saturated carbocycles. The van der Waals surface area contributed by atoms with Crippen LogP contribution in [0.2, 0.25) is 0 Å². The van der Waals surface area contributed by atoms with Crippen molar-refractivity contribution in [2.75, 3.05) is 13.7 Å². The van der Waals surface area contributed by atoms with Crippen molar-refractivity contribution in [2.24, 2.45) is 5.92 Å². The molecule has 0 bridgehead atoms. The number of likely N-dealkylation sites (tertiary alicyclic amines) is 1. The first-order chi connectivity index (χ1) is 8.71. The molecule has 1 saturated heterocycles. The molecule has 1 amide bonds. The summed E-state index contributed by atoms with van der Waals surface area (Å²) < 4.78 is 23.8. The van der Waals surface area contributed by atoms with Crippen LogP contribution in [0.5, 0.6) is 0 Å². The van der Waals surface area contributed by atoms with Crippen LogP contribution in [-0.2, 0) is 14.3 Å². The number of carbonyl (C=O) groups is 2. The summed E-state index contributed by atoms with van der Waals surface area (Å²) in [6, 6.07) is -0.903. The van der Waals surface area contributed by atoms with Crippen LogP contribution in [0.25, 0.3) is 0 Å². The third kappa shape index (κ3) is 3.58. The lowest BCUT2D eigenvalue weighted by atomic mass is 9.96. The predicted molar refractivity (Wildman–Crippen MR) is 67.4 cm³/mol. The highest BCUT2D eigenvalue weighted by atomic mass is 19.1. The van der Waals surface area contributed by atoms with Crippen molar-refractivity contribution in [3.63, 3.8) is 0 Å². The Morgan fingerprint density at radius 2 is 1.95 bits per heavy atom. The fraction of sp³-hybridized carbons (Fsp3) is 0.846. The van der Waals surface area contributed by atoms with Gasteiger partial charge in [0.15, 0.2) is 0 Å². The number of hydrogen-bond donors (Lipinski definition) is 0. The zero-order valence-electron chi connectivity index (χ0n) is 12.1. The highest BCUT2D eigenvalue weighted by Crippen LogP contribution is 2.31. The largest absolute Gasteiger partial charge is 0.467 e. The second kappa shape index (κ2) is 5.75.